The van der Waals surface area contributed by atoms with Gasteiger partial charge in [0.05, 0.1) is 18.9 Å². The number of carbonyl (C=O) groups is 1. The van der Waals surface area contributed by atoms with Gasteiger partial charge in [-0.25, -0.2) is 4.98 Å². The van der Waals surface area contributed by atoms with E-state index in [1.54, 1.807) is 13.2 Å². The first-order chi connectivity index (χ1) is 12.1. The minimum atomic E-state index is -0.0232. The molecule has 4 heterocycles. The number of oxime groups is 1. The largest absolute Gasteiger partial charge is 0.496 e. The van der Waals surface area contributed by atoms with E-state index >= 15 is 0 Å². The summed E-state index contributed by atoms with van der Waals surface area (Å²) in [6.45, 7) is 2.36. The van der Waals surface area contributed by atoms with E-state index in [-0.39, 0.29) is 12.4 Å². The van der Waals surface area contributed by atoms with E-state index in [1.807, 2.05) is 13.0 Å². The molecule has 0 aliphatic carbocycles. The van der Waals surface area contributed by atoms with E-state index in [1.165, 1.54) is 13.3 Å². The van der Waals surface area contributed by atoms with E-state index in [2.05, 4.69) is 20.3 Å². The number of rotatable bonds is 2. The monoisotopic (exact) mass is 344 g/mol. The van der Waals surface area contributed by atoms with Crippen LogP contribution >= 0.6 is 0 Å². The lowest BCUT2D eigenvalue weighted by atomic mass is 10.1. The highest BCUT2D eigenvalue weighted by Crippen LogP contribution is 2.32. The number of hydrogen-bond acceptors (Lipinski definition) is 9. The van der Waals surface area contributed by atoms with Crippen molar-refractivity contribution in [3.63, 3.8) is 0 Å². The molecule has 2 aliphatic rings. The summed E-state index contributed by atoms with van der Waals surface area (Å²) in [6.07, 6.45) is 1.48. The fourth-order valence-corrected chi connectivity index (χ4v) is 2.39. The van der Waals surface area contributed by atoms with Crippen molar-refractivity contribution in [1.29, 1.82) is 0 Å². The molecule has 2 aliphatic heterocycles. The lowest BCUT2D eigenvalue weighted by molar-refractivity contribution is 0.0960. The molecule has 9 nitrogen and oxygen atoms in total. The minimum absolute atomic E-state index is 0.0232. The molecule has 9 heteroatoms. The van der Waals surface area contributed by atoms with Crippen molar-refractivity contribution in [3.8, 4) is 17.5 Å². The summed E-state index contributed by atoms with van der Waals surface area (Å²) in [5, 5.41) is 11.1. The van der Waals surface area contributed by atoms with Crippen LogP contribution in [-0.4, -0.2) is 54.1 Å². The van der Waals surface area contributed by atoms with E-state index in [0.717, 1.165) is 11.3 Å². The van der Waals surface area contributed by atoms with Gasteiger partial charge in [-0.15, -0.1) is 5.10 Å². The van der Waals surface area contributed by atoms with Crippen LogP contribution in [0.1, 0.15) is 21.6 Å². The second kappa shape index (κ2) is 7.12. The fourth-order valence-electron chi connectivity index (χ4n) is 2.39. The Morgan fingerprint density at radius 3 is 2.72 bits per heavy atom. The van der Waals surface area contributed by atoms with Gasteiger partial charge in [-0.2, -0.15) is 5.10 Å². The summed E-state index contributed by atoms with van der Waals surface area (Å²) in [5.74, 6) is 1.60. The van der Waals surface area contributed by atoms with E-state index in [0.29, 0.717) is 35.4 Å². The van der Waals surface area contributed by atoms with Gasteiger partial charge in [-0.1, -0.05) is 5.16 Å². The molecule has 0 bridgehead atoms. The number of ether oxygens (including phenoxy) is 3. The molecule has 0 radical (unpaired) electrons. The molecule has 0 amide bonds. The SMILES string of the molecule is CON=C1COc2nc(C)cc(OC)c21.O=C1COc2nnccc21. The van der Waals surface area contributed by atoms with Crippen LogP contribution in [0.3, 0.4) is 0 Å². The van der Waals surface area contributed by atoms with Gasteiger partial charge in [0, 0.05) is 11.8 Å². The summed E-state index contributed by atoms with van der Waals surface area (Å²) in [7, 11) is 3.11. The van der Waals surface area contributed by atoms with Crippen LogP contribution in [0, 0.1) is 6.92 Å². The molecule has 0 unspecified atom stereocenters. The smallest absolute Gasteiger partial charge is 0.244 e. The molecule has 0 aromatic carbocycles. The van der Waals surface area contributed by atoms with Crippen LogP contribution in [0.5, 0.6) is 17.5 Å². The molecular weight excluding hydrogens is 328 g/mol. The Labute approximate surface area is 143 Å². The van der Waals surface area contributed by atoms with Crippen LogP contribution in [-0.2, 0) is 4.84 Å². The van der Waals surface area contributed by atoms with Gasteiger partial charge in [0.2, 0.25) is 17.5 Å². The first-order valence-electron chi connectivity index (χ1n) is 7.40. The minimum Gasteiger partial charge on any atom is -0.496 e. The predicted octanol–water partition coefficient (Wildman–Crippen LogP) is 1.19. The molecule has 0 saturated heterocycles. The highest BCUT2D eigenvalue weighted by molar-refractivity contribution is 6.07. The Kier molecular flexibility index (Phi) is 4.73. The van der Waals surface area contributed by atoms with Crippen molar-refractivity contribution >= 4 is 11.5 Å². The molecular formula is C16H16N4O5. The number of fused-ring (bicyclic) bond motifs is 2. The molecule has 25 heavy (non-hydrogen) atoms. The fraction of sp³-hybridized carbons (Fsp3) is 0.312. The maximum absolute atomic E-state index is 10.9. The third-order valence-corrected chi connectivity index (χ3v) is 3.46. The number of methoxy groups -OCH3 is 1. The molecule has 2 aromatic rings. The summed E-state index contributed by atoms with van der Waals surface area (Å²) in [6, 6.07) is 3.45. The summed E-state index contributed by atoms with van der Waals surface area (Å²) in [5.41, 5.74) is 2.88. The molecule has 4 rings (SSSR count). The molecule has 0 fully saturated rings. The molecule has 0 N–H and O–H groups in total. The first-order valence-corrected chi connectivity index (χ1v) is 7.40. The Hall–Kier alpha value is -3.23. The van der Waals surface area contributed by atoms with Gasteiger partial charge < -0.3 is 19.0 Å². The number of carbonyl (C=O) groups excluding carboxylic acids is 1. The van der Waals surface area contributed by atoms with Gasteiger partial charge in [0.25, 0.3) is 0 Å². The zero-order valence-corrected chi connectivity index (χ0v) is 14.0. The van der Waals surface area contributed by atoms with Gasteiger partial charge in [0.1, 0.15) is 30.7 Å². The highest BCUT2D eigenvalue weighted by Gasteiger charge is 2.26. The number of hydrogen-bond donors (Lipinski definition) is 0. The number of ketones is 1. The Morgan fingerprint density at radius 1 is 1.20 bits per heavy atom. The highest BCUT2D eigenvalue weighted by atomic mass is 16.6. The second-order valence-corrected chi connectivity index (χ2v) is 5.12. The van der Waals surface area contributed by atoms with Crippen LogP contribution in [0.15, 0.2) is 23.5 Å². The Morgan fingerprint density at radius 2 is 2.00 bits per heavy atom. The summed E-state index contributed by atoms with van der Waals surface area (Å²) < 4.78 is 15.5. The molecule has 2 aromatic heterocycles. The zero-order chi connectivity index (χ0) is 17.8. The third kappa shape index (κ3) is 3.35. The topological polar surface area (TPSA) is 105 Å². The van der Waals surface area contributed by atoms with Crippen molar-refractivity contribution in [2.24, 2.45) is 5.16 Å². The van der Waals surface area contributed by atoms with E-state index in [9.17, 15) is 4.79 Å². The lowest BCUT2D eigenvalue weighted by Crippen LogP contribution is -2.04. The van der Waals surface area contributed by atoms with Gasteiger partial charge >= 0.3 is 0 Å². The Balaban J connectivity index is 0.000000157. The number of aryl methyl sites for hydroxylation is 1. The molecule has 0 atom stereocenters. The molecule has 0 spiro atoms. The standard InChI is InChI=1S/C10H12N2O3.C6H4N2O2/c1-6-4-8(13-2)9-7(12-14-3)5-15-10(9)11-6;9-5-3-10-6-4(5)1-2-7-8-6/h4H,5H2,1-3H3;1-2H,3H2. The molecule has 0 saturated carbocycles. The number of nitrogens with zero attached hydrogens (tertiary/aromatic N) is 4. The average molecular weight is 344 g/mol. The van der Waals surface area contributed by atoms with E-state index < -0.39 is 0 Å². The van der Waals surface area contributed by atoms with Crippen LogP contribution in [0.25, 0.3) is 0 Å². The van der Waals surface area contributed by atoms with Crippen molar-refractivity contribution in [1.82, 2.24) is 15.2 Å². The first kappa shape index (κ1) is 16.6. The summed E-state index contributed by atoms with van der Waals surface area (Å²) in [4.78, 5) is 19.9. The second-order valence-electron chi connectivity index (χ2n) is 5.12. The van der Waals surface area contributed by atoms with Crippen LogP contribution < -0.4 is 14.2 Å². The van der Waals surface area contributed by atoms with E-state index in [4.69, 9.17) is 19.0 Å². The maximum atomic E-state index is 10.9. The lowest BCUT2D eigenvalue weighted by Gasteiger charge is -2.05. The van der Waals surface area contributed by atoms with Gasteiger partial charge in [-0.05, 0) is 13.0 Å². The van der Waals surface area contributed by atoms with Crippen molar-refractivity contribution < 1.29 is 23.8 Å². The van der Waals surface area contributed by atoms with Gasteiger partial charge in [-0.3, -0.25) is 4.79 Å². The van der Waals surface area contributed by atoms with Crippen molar-refractivity contribution in [2.75, 3.05) is 27.4 Å². The number of aromatic nitrogens is 3. The quantitative estimate of drug-likeness (QED) is 0.748. The van der Waals surface area contributed by atoms with Crippen LogP contribution in [0.2, 0.25) is 0 Å². The van der Waals surface area contributed by atoms with Crippen molar-refractivity contribution in [2.45, 2.75) is 6.92 Å². The average Bonchev–Trinajstić information content (AvgIpc) is 3.20. The normalized spacial score (nSPS) is 15.5. The number of pyridine rings is 1. The van der Waals surface area contributed by atoms with Gasteiger partial charge in [0.15, 0.2) is 6.61 Å². The van der Waals surface area contributed by atoms with Crippen LogP contribution in [0.4, 0.5) is 0 Å². The molecule has 130 valence electrons. The predicted molar refractivity (Wildman–Crippen MR) is 86.4 cm³/mol. The number of Topliss-reactive ketones (excluding diaryl/α,β-unsaturated/α-hetero) is 1. The summed E-state index contributed by atoms with van der Waals surface area (Å²) >= 11 is 0. The van der Waals surface area contributed by atoms with Crippen molar-refractivity contribution in [3.05, 3.63) is 35.2 Å². The Bertz CT molecular complexity index is 837. The maximum Gasteiger partial charge on any atom is 0.244 e. The third-order valence-electron chi connectivity index (χ3n) is 3.46. The zero-order valence-electron chi connectivity index (χ0n) is 14.0.